The van der Waals surface area contributed by atoms with Crippen LogP contribution in [-0.4, -0.2) is 4.98 Å². The molecule has 0 fully saturated rings. The third-order valence-corrected chi connectivity index (χ3v) is 3.37. The van der Waals surface area contributed by atoms with E-state index in [2.05, 4.69) is 4.98 Å². The summed E-state index contributed by atoms with van der Waals surface area (Å²) in [6.07, 6.45) is 0. The highest BCUT2D eigenvalue weighted by Crippen LogP contribution is 2.30. The van der Waals surface area contributed by atoms with E-state index in [0.29, 0.717) is 10.2 Å². The van der Waals surface area contributed by atoms with Gasteiger partial charge in [-0.05, 0) is 29.8 Å². The molecule has 1 nitrogen and oxygen atoms in total. The monoisotopic (exact) mass is 273 g/mol. The molecule has 18 heavy (non-hydrogen) atoms. The van der Waals surface area contributed by atoms with Crippen molar-refractivity contribution in [3.05, 3.63) is 64.8 Å². The predicted octanol–water partition coefficient (Wildman–Crippen LogP) is 5.21. The first-order valence-electron chi connectivity index (χ1n) is 5.55. The second-order valence-electron chi connectivity index (χ2n) is 4.03. The lowest BCUT2D eigenvalue weighted by Gasteiger charge is -2.06. The standard InChI is InChI=1S/C15H9Cl2N/c16-12-7-5-10(6-8-12)13-9-11-3-1-2-4-14(11)18-15(13)17/h1-9H. The van der Waals surface area contributed by atoms with Crippen LogP contribution in [0.5, 0.6) is 0 Å². The Kier molecular flexibility index (Phi) is 2.94. The highest BCUT2D eigenvalue weighted by atomic mass is 35.5. The van der Waals surface area contributed by atoms with Crippen LogP contribution in [0.2, 0.25) is 10.2 Å². The molecule has 2 aromatic carbocycles. The van der Waals surface area contributed by atoms with Crippen LogP contribution in [0.25, 0.3) is 22.0 Å². The van der Waals surface area contributed by atoms with Crippen molar-refractivity contribution in [2.45, 2.75) is 0 Å². The first-order chi connectivity index (χ1) is 8.74. The largest absolute Gasteiger partial charge is 0.235 e. The van der Waals surface area contributed by atoms with Crippen LogP contribution in [0.4, 0.5) is 0 Å². The molecule has 88 valence electrons. The molecule has 0 saturated carbocycles. The lowest BCUT2D eigenvalue weighted by molar-refractivity contribution is 1.41. The molecule has 0 spiro atoms. The molecule has 0 atom stereocenters. The Morgan fingerprint density at radius 1 is 0.833 bits per heavy atom. The molecule has 0 amide bonds. The summed E-state index contributed by atoms with van der Waals surface area (Å²) >= 11 is 12.1. The molecule has 0 N–H and O–H groups in total. The Morgan fingerprint density at radius 2 is 1.56 bits per heavy atom. The van der Waals surface area contributed by atoms with Crippen molar-refractivity contribution >= 4 is 34.1 Å². The van der Waals surface area contributed by atoms with E-state index in [1.165, 1.54) is 0 Å². The van der Waals surface area contributed by atoms with E-state index in [1.54, 1.807) is 0 Å². The van der Waals surface area contributed by atoms with Gasteiger partial charge in [0.2, 0.25) is 0 Å². The van der Waals surface area contributed by atoms with E-state index in [1.807, 2.05) is 54.6 Å². The topological polar surface area (TPSA) is 12.9 Å². The summed E-state index contributed by atoms with van der Waals surface area (Å²) in [6, 6.07) is 17.6. The van der Waals surface area contributed by atoms with Crippen LogP contribution < -0.4 is 0 Å². The Balaban J connectivity index is 2.22. The fraction of sp³-hybridized carbons (Fsp3) is 0. The van der Waals surface area contributed by atoms with Gasteiger partial charge in [0.1, 0.15) is 5.15 Å². The summed E-state index contributed by atoms with van der Waals surface area (Å²) < 4.78 is 0. The third kappa shape index (κ3) is 2.07. The van der Waals surface area contributed by atoms with Gasteiger partial charge >= 0.3 is 0 Å². The molecule has 1 heterocycles. The zero-order chi connectivity index (χ0) is 12.5. The summed E-state index contributed by atoms with van der Waals surface area (Å²) in [5.41, 5.74) is 2.84. The molecule has 0 aliphatic rings. The number of fused-ring (bicyclic) bond motifs is 1. The van der Waals surface area contributed by atoms with Gasteiger partial charge in [-0.2, -0.15) is 0 Å². The Bertz CT molecular complexity index is 705. The van der Waals surface area contributed by atoms with Crippen molar-refractivity contribution in [3.8, 4) is 11.1 Å². The minimum Gasteiger partial charge on any atom is -0.235 e. The lowest BCUT2D eigenvalue weighted by atomic mass is 10.1. The Labute approximate surface area is 115 Å². The van der Waals surface area contributed by atoms with E-state index in [4.69, 9.17) is 23.2 Å². The minimum absolute atomic E-state index is 0.510. The fourth-order valence-electron chi connectivity index (χ4n) is 1.92. The van der Waals surface area contributed by atoms with Crippen LogP contribution >= 0.6 is 23.2 Å². The zero-order valence-corrected chi connectivity index (χ0v) is 10.9. The SMILES string of the molecule is Clc1ccc(-c2cc3ccccc3nc2Cl)cc1. The summed E-state index contributed by atoms with van der Waals surface area (Å²) in [4.78, 5) is 4.41. The van der Waals surface area contributed by atoms with Gasteiger partial charge in [0, 0.05) is 16.0 Å². The molecule has 3 aromatic rings. The van der Waals surface area contributed by atoms with E-state index in [-0.39, 0.29) is 0 Å². The van der Waals surface area contributed by atoms with Crippen LogP contribution in [0.15, 0.2) is 54.6 Å². The number of rotatable bonds is 1. The highest BCUT2D eigenvalue weighted by Gasteiger charge is 2.06. The molecule has 0 aliphatic heterocycles. The Hall–Kier alpha value is -1.57. The maximum atomic E-state index is 6.23. The van der Waals surface area contributed by atoms with Crippen molar-refractivity contribution in [1.29, 1.82) is 0 Å². The number of aromatic nitrogens is 1. The quantitative estimate of drug-likeness (QED) is 0.555. The molecule has 0 unspecified atom stereocenters. The van der Waals surface area contributed by atoms with Crippen molar-refractivity contribution in [2.24, 2.45) is 0 Å². The molecule has 1 aromatic heterocycles. The van der Waals surface area contributed by atoms with Gasteiger partial charge in [-0.1, -0.05) is 53.5 Å². The number of para-hydroxylation sites is 1. The number of halogens is 2. The van der Waals surface area contributed by atoms with Gasteiger partial charge in [-0.15, -0.1) is 0 Å². The van der Waals surface area contributed by atoms with Crippen LogP contribution in [0.1, 0.15) is 0 Å². The van der Waals surface area contributed by atoms with E-state index < -0.39 is 0 Å². The van der Waals surface area contributed by atoms with Gasteiger partial charge in [0.25, 0.3) is 0 Å². The van der Waals surface area contributed by atoms with E-state index in [9.17, 15) is 0 Å². The molecule has 0 radical (unpaired) electrons. The number of hydrogen-bond acceptors (Lipinski definition) is 1. The molecule has 0 saturated heterocycles. The van der Waals surface area contributed by atoms with E-state index in [0.717, 1.165) is 22.0 Å². The molecule has 3 rings (SSSR count). The molecule has 0 aliphatic carbocycles. The van der Waals surface area contributed by atoms with Gasteiger partial charge in [-0.25, -0.2) is 4.98 Å². The van der Waals surface area contributed by atoms with Crippen LogP contribution in [0.3, 0.4) is 0 Å². The summed E-state index contributed by atoms with van der Waals surface area (Å²) in [6.45, 7) is 0. The normalized spacial score (nSPS) is 10.8. The number of pyridine rings is 1. The maximum Gasteiger partial charge on any atom is 0.137 e. The first kappa shape index (κ1) is 11.5. The van der Waals surface area contributed by atoms with E-state index >= 15 is 0 Å². The number of nitrogens with zero attached hydrogens (tertiary/aromatic N) is 1. The van der Waals surface area contributed by atoms with Crippen molar-refractivity contribution in [3.63, 3.8) is 0 Å². The second kappa shape index (κ2) is 4.60. The van der Waals surface area contributed by atoms with Crippen molar-refractivity contribution in [1.82, 2.24) is 4.98 Å². The predicted molar refractivity (Wildman–Crippen MR) is 77.2 cm³/mol. The molecule has 3 heteroatoms. The minimum atomic E-state index is 0.510. The van der Waals surface area contributed by atoms with Gasteiger partial charge in [0.15, 0.2) is 0 Å². The van der Waals surface area contributed by atoms with Gasteiger partial charge < -0.3 is 0 Å². The van der Waals surface area contributed by atoms with Gasteiger partial charge in [0.05, 0.1) is 5.52 Å². The highest BCUT2D eigenvalue weighted by molar-refractivity contribution is 6.33. The average Bonchev–Trinajstić information content (AvgIpc) is 2.39. The molecular weight excluding hydrogens is 265 g/mol. The number of benzene rings is 2. The third-order valence-electron chi connectivity index (χ3n) is 2.83. The maximum absolute atomic E-state index is 6.23. The summed E-state index contributed by atoms with van der Waals surface area (Å²) in [5.74, 6) is 0. The first-order valence-corrected chi connectivity index (χ1v) is 6.31. The number of hydrogen-bond donors (Lipinski definition) is 0. The Morgan fingerprint density at radius 3 is 2.33 bits per heavy atom. The van der Waals surface area contributed by atoms with Crippen molar-refractivity contribution in [2.75, 3.05) is 0 Å². The van der Waals surface area contributed by atoms with Crippen LogP contribution in [-0.2, 0) is 0 Å². The lowest BCUT2D eigenvalue weighted by Crippen LogP contribution is -1.85. The smallest absolute Gasteiger partial charge is 0.137 e. The summed E-state index contributed by atoms with van der Waals surface area (Å²) in [7, 11) is 0. The summed E-state index contributed by atoms with van der Waals surface area (Å²) in [5, 5.41) is 2.30. The van der Waals surface area contributed by atoms with Gasteiger partial charge in [-0.3, -0.25) is 0 Å². The molecule has 0 bridgehead atoms. The average molecular weight is 274 g/mol. The van der Waals surface area contributed by atoms with Crippen LogP contribution in [0, 0.1) is 0 Å². The molecular formula is C15H9Cl2N. The second-order valence-corrected chi connectivity index (χ2v) is 4.82. The fourth-order valence-corrected chi connectivity index (χ4v) is 2.31. The zero-order valence-electron chi connectivity index (χ0n) is 9.40. The van der Waals surface area contributed by atoms with Crippen molar-refractivity contribution < 1.29 is 0 Å².